The lowest BCUT2D eigenvalue weighted by Crippen LogP contribution is -2.30. The van der Waals surface area contributed by atoms with Crippen molar-refractivity contribution in [3.05, 3.63) is 22.2 Å². The van der Waals surface area contributed by atoms with Crippen molar-refractivity contribution in [2.45, 2.75) is 32.0 Å². The van der Waals surface area contributed by atoms with E-state index in [0.717, 1.165) is 19.4 Å². The van der Waals surface area contributed by atoms with Gasteiger partial charge < -0.3 is 20.5 Å². The van der Waals surface area contributed by atoms with Gasteiger partial charge in [-0.2, -0.15) is 0 Å². The summed E-state index contributed by atoms with van der Waals surface area (Å²) in [5.41, 5.74) is 6.42. The molecule has 0 saturated carbocycles. The first kappa shape index (κ1) is 16.4. The molecule has 1 fully saturated rings. The molecule has 2 rings (SSSR count). The van der Waals surface area contributed by atoms with E-state index in [4.69, 9.17) is 38.4 Å². The van der Waals surface area contributed by atoms with Crippen LogP contribution in [0.2, 0.25) is 10.0 Å². The van der Waals surface area contributed by atoms with Crippen LogP contribution in [0.15, 0.2) is 12.1 Å². The molecule has 0 radical (unpaired) electrons. The van der Waals surface area contributed by atoms with E-state index in [9.17, 15) is 4.79 Å². The number of anilines is 2. The van der Waals surface area contributed by atoms with Crippen molar-refractivity contribution < 1.29 is 14.3 Å². The number of ether oxygens (including phenoxy) is 2. The Bertz CT molecular complexity index is 496. The molecule has 1 aromatic rings. The fraction of sp³-hybridized carbons (Fsp3) is 0.500. The number of carbonyl (C=O) groups is 1. The Hall–Kier alpha value is -1.01. The van der Waals surface area contributed by atoms with Crippen LogP contribution in [0.3, 0.4) is 0 Å². The van der Waals surface area contributed by atoms with Gasteiger partial charge in [-0.3, -0.25) is 4.79 Å². The molecule has 0 aliphatic carbocycles. The van der Waals surface area contributed by atoms with E-state index < -0.39 is 6.10 Å². The molecule has 0 spiro atoms. The van der Waals surface area contributed by atoms with Gasteiger partial charge in [-0.05, 0) is 31.9 Å². The van der Waals surface area contributed by atoms with Gasteiger partial charge in [0, 0.05) is 12.3 Å². The Kier molecular flexibility index (Phi) is 5.70. The molecule has 1 heterocycles. The van der Waals surface area contributed by atoms with E-state index in [1.165, 1.54) is 0 Å². The fourth-order valence-electron chi connectivity index (χ4n) is 2.00. The van der Waals surface area contributed by atoms with Gasteiger partial charge in [0.2, 0.25) is 0 Å². The summed E-state index contributed by atoms with van der Waals surface area (Å²) in [5.74, 6) is -0.273. The topological polar surface area (TPSA) is 73.6 Å². The lowest BCUT2D eigenvalue weighted by Gasteiger charge is -2.16. The van der Waals surface area contributed by atoms with Crippen molar-refractivity contribution >= 4 is 40.5 Å². The van der Waals surface area contributed by atoms with Gasteiger partial charge in [-0.15, -0.1) is 0 Å². The zero-order valence-electron chi connectivity index (χ0n) is 11.7. The summed E-state index contributed by atoms with van der Waals surface area (Å²) >= 11 is 11.8. The molecule has 1 aliphatic heterocycles. The minimum absolute atomic E-state index is 0.0839. The van der Waals surface area contributed by atoms with E-state index >= 15 is 0 Å². The van der Waals surface area contributed by atoms with Crippen LogP contribution in [-0.2, 0) is 14.3 Å². The highest BCUT2D eigenvalue weighted by atomic mass is 35.5. The van der Waals surface area contributed by atoms with Crippen molar-refractivity contribution in [3.63, 3.8) is 0 Å². The highest BCUT2D eigenvalue weighted by Gasteiger charge is 2.20. The average Bonchev–Trinajstić information content (AvgIpc) is 2.95. The average molecular weight is 333 g/mol. The molecular weight excluding hydrogens is 315 g/mol. The van der Waals surface area contributed by atoms with Crippen LogP contribution >= 0.6 is 23.2 Å². The largest absolute Gasteiger partial charge is 0.396 e. The molecule has 21 heavy (non-hydrogen) atoms. The van der Waals surface area contributed by atoms with E-state index in [-0.39, 0.29) is 12.0 Å². The van der Waals surface area contributed by atoms with E-state index in [1.54, 1.807) is 19.1 Å². The second-order valence-electron chi connectivity index (χ2n) is 4.95. The number of hydrogen-bond donors (Lipinski definition) is 2. The van der Waals surface area contributed by atoms with E-state index in [2.05, 4.69) is 5.32 Å². The lowest BCUT2D eigenvalue weighted by molar-refractivity contribution is -0.128. The maximum Gasteiger partial charge on any atom is 0.253 e. The van der Waals surface area contributed by atoms with Gasteiger partial charge in [-0.25, -0.2) is 0 Å². The summed E-state index contributed by atoms with van der Waals surface area (Å²) in [6.07, 6.45) is 1.50. The number of hydrogen-bond acceptors (Lipinski definition) is 4. The SMILES string of the molecule is C[C@@H](OC[C@H]1CCCO1)C(=O)Nc1cc(Cl)c(N)c(Cl)c1. The third-order valence-electron chi connectivity index (χ3n) is 3.27. The third kappa shape index (κ3) is 4.48. The quantitative estimate of drug-likeness (QED) is 0.812. The highest BCUT2D eigenvalue weighted by molar-refractivity contribution is 6.39. The van der Waals surface area contributed by atoms with Gasteiger partial charge in [0.05, 0.1) is 28.4 Å². The van der Waals surface area contributed by atoms with Crippen LogP contribution in [0.4, 0.5) is 11.4 Å². The third-order valence-corrected chi connectivity index (χ3v) is 3.90. The summed E-state index contributed by atoms with van der Waals surface area (Å²) in [4.78, 5) is 12.0. The lowest BCUT2D eigenvalue weighted by atomic mass is 10.2. The summed E-state index contributed by atoms with van der Waals surface area (Å²) < 4.78 is 11.0. The zero-order chi connectivity index (χ0) is 15.4. The smallest absolute Gasteiger partial charge is 0.253 e. The van der Waals surface area contributed by atoms with Crippen LogP contribution in [0.25, 0.3) is 0 Å². The van der Waals surface area contributed by atoms with Gasteiger partial charge in [0.25, 0.3) is 5.91 Å². The van der Waals surface area contributed by atoms with Crippen LogP contribution in [0, 0.1) is 0 Å². The molecule has 5 nitrogen and oxygen atoms in total. The number of halogens is 2. The minimum atomic E-state index is -0.593. The van der Waals surface area contributed by atoms with Crippen molar-refractivity contribution in [2.24, 2.45) is 0 Å². The van der Waals surface area contributed by atoms with Crippen LogP contribution in [0.5, 0.6) is 0 Å². The van der Waals surface area contributed by atoms with Gasteiger partial charge in [0.15, 0.2) is 0 Å². The number of nitrogens with two attached hydrogens (primary N) is 1. The number of amides is 1. The molecule has 1 amide bonds. The Balaban J connectivity index is 1.88. The number of rotatable bonds is 5. The maximum absolute atomic E-state index is 12.0. The Morgan fingerprint density at radius 3 is 2.76 bits per heavy atom. The number of benzene rings is 1. The van der Waals surface area contributed by atoms with Gasteiger partial charge >= 0.3 is 0 Å². The first-order valence-electron chi connectivity index (χ1n) is 6.76. The standard InChI is InChI=1S/C14H18Cl2N2O3/c1-8(21-7-10-3-2-4-20-10)14(19)18-9-5-11(15)13(17)12(16)6-9/h5-6,8,10H,2-4,7,17H2,1H3,(H,18,19)/t8-,10-/m1/s1. The normalized spacial score (nSPS) is 19.5. The van der Waals surface area contributed by atoms with Crippen molar-refractivity contribution in [1.29, 1.82) is 0 Å². The molecule has 7 heteroatoms. The predicted octanol–water partition coefficient (Wildman–Crippen LogP) is 3.10. The monoisotopic (exact) mass is 332 g/mol. The molecule has 0 bridgehead atoms. The number of nitrogen functional groups attached to an aromatic ring is 1. The van der Waals surface area contributed by atoms with E-state index in [0.29, 0.717) is 28.0 Å². The predicted molar refractivity (Wildman–Crippen MR) is 83.9 cm³/mol. The molecule has 1 saturated heterocycles. The van der Waals surface area contributed by atoms with Crippen LogP contribution in [-0.4, -0.2) is 31.3 Å². The van der Waals surface area contributed by atoms with Gasteiger partial charge in [-0.1, -0.05) is 23.2 Å². The second kappa shape index (κ2) is 7.31. The highest BCUT2D eigenvalue weighted by Crippen LogP contribution is 2.31. The molecule has 0 unspecified atom stereocenters. The Labute approximate surface area is 133 Å². The molecule has 0 aromatic heterocycles. The minimum Gasteiger partial charge on any atom is -0.396 e. The number of carbonyl (C=O) groups excluding carboxylic acids is 1. The second-order valence-corrected chi connectivity index (χ2v) is 5.77. The fourth-order valence-corrected chi connectivity index (χ4v) is 2.49. The van der Waals surface area contributed by atoms with E-state index in [1.807, 2.05) is 0 Å². The first-order valence-corrected chi connectivity index (χ1v) is 7.51. The molecule has 2 atom stereocenters. The Morgan fingerprint density at radius 2 is 2.19 bits per heavy atom. The molecule has 1 aliphatic rings. The summed E-state index contributed by atoms with van der Waals surface area (Å²) in [6.45, 7) is 2.86. The Morgan fingerprint density at radius 1 is 1.52 bits per heavy atom. The maximum atomic E-state index is 12.0. The first-order chi connectivity index (χ1) is 9.97. The van der Waals surface area contributed by atoms with Gasteiger partial charge in [0.1, 0.15) is 6.10 Å². The van der Waals surface area contributed by atoms with Crippen molar-refractivity contribution in [1.82, 2.24) is 0 Å². The number of nitrogens with one attached hydrogen (secondary N) is 1. The summed E-state index contributed by atoms with van der Waals surface area (Å²) in [7, 11) is 0. The van der Waals surface area contributed by atoms with Crippen LogP contribution in [0.1, 0.15) is 19.8 Å². The molecule has 1 aromatic carbocycles. The van der Waals surface area contributed by atoms with Crippen molar-refractivity contribution in [2.75, 3.05) is 24.3 Å². The summed E-state index contributed by atoms with van der Waals surface area (Å²) in [6, 6.07) is 3.10. The van der Waals surface area contributed by atoms with Crippen LogP contribution < -0.4 is 11.1 Å². The molecule has 3 N–H and O–H groups in total. The van der Waals surface area contributed by atoms with Crippen molar-refractivity contribution in [3.8, 4) is 0 Å². The zero-order valence-corrected chi connectivity index (χ0v) is 13.2. The molecular formula is C14H18Cl2N2O3. The summed E-state index contributed by atoms with van der Waals surface area (Å²) in [5, 5.41) is 3.29. The molecule has 116 valence electrons.